The molecule has 2 amide bonds. The minimum Gasteiger partial charge on any atom is -0.372 e. The maximum absolute atomic E-state index is 12.1. The molecule has 1 saturated heterocycles. The number of anilines is 1. The molecule has 0 spiro atoms. The van der Waals surface area contributed by atoms with Crippen molar-refractivity contribution in [2.75, 3.05) is 25.0 Å². The summed E-state index contributed by atoms with van der Waals surface area (Å²) in [4.78, 5) is 18.0. The first-order chi connectivity index (χ1) is 8.63. The van der Waals surface area contributed by atoms with E-state index in [1.54, 1.807) is 17.2 Å². The standard InChI is InChI=1S/C13H19N3O2/c1-3-13(2)10-16(8-9-18-13)12(17)15-11-6-4-5-7-14-11/h4-7H,3,8-10H2,1-2H3,(H,14,15,17)/t13-/m1/s1. The van der Waals surface area contributed by atoms with Crippen LogP contribution >= 0.6 is 0 Å². The molecule has 18 heavy (non-hydrogen) atoms. The van der Waals surface area contributed by atoms with Crippen LogP contribution in [0, 0.1) is 0 Å². The zero-order valence-electron chi connectivity index (χ0n) is 10.8. The van der Waals surface area contributed by atoms with E-state index in [9.17, 15) is 4.79 Å². The summed E-state index contributed by atoms with van der Waals surface area (Å²) in [6.45, 7) is 5.92. The normalized spacial score (nSPS) is 23.8. The lowest BCUT2D eigenvalue weighted by atomic mass is 10.0. The van der Waals surface area contributed by atoms with Gasteiger partial charge in [-0.3, -0.25) is 5.32 Å². The lowest BCUT2D eigenvalue weighted by Crippen LogP contribution is -2.53. The second-order valence-electron chi connectivity index (χ2n) is 4.72. The minimum absolute atomic E-state index is 0.114. The van der Waals surface area contributed by atoms with E-state index in [1.165, 1.54) is 0 Å². The van der Waals surface area contributed by atoms with E-state index < -0.39 is 0 Å². The summed E-state index contributed by atoms with van der Waals surface area (Å²) in [5.74, 6) is 0.576. The first kappa shape index (κ1) is 12.8. The quantitative estimate of drug-likeness (QED) is 0.873. The number of morpholine rings is 1. The zero-order valence-corrected chi connectivity index (χ0v) is 10.8. The molecule has 0 bridgehead atoms. The molecular weight excluding hydrogens is 230 g/mol. The van der Waals surface area contributed by atoms with Crippen molar-refractivity contribution < 1.29 is 9.53 Å². The molecule has 0 saturated carbocycles. The van der Waals surface area contributed by atoms with Gasteiger partial charge in [0.25, 0.3) is 0 Å². The summed E-state index contributed by atoms with van der Waals surface area (Å²) in [6, 6.07) is 5.32. The van der Waals surface area contributed by atoms with Crippen LogP contribution in [0.5, 0.6) is 0 Å². The number of carbonyl (C=O) groups excluding carboxylic acids is 1. The van der Waals surface area contributed by atoms with E-state index in [0.717, 1.165) is 6.42 Å². The number of pyridine rings is 1. The first-order valence-corrected chi connectivity index (χ1v) is 6.24. The Kier molecular flexibility index (Phi) is 3.81. The van der Waals surface area contributed by atoms with E-state index >= 15 is 0 Å². The van der Waals surface area contributed by atoms with E-state index in [-0.39, 0.29) is 11.6 Å². The summed E-state index contributed by atoms with van der Waals surface area (Å²) in [7, 11) is 0. The van der Waals surface area contributed by atoms with E-state index in [0.29, 0.717) is 25.5 Å². The van der Waals surface area contributed by atoms with Crippen molar-refractivity contribution >= 4 is 11.8 Å². The topological polar surface area (TPSA) is 54.5 Å². The Morgan fingerprint density at radius 3 is 3.11 bits per heavy atom. The molecule has 1 aliphatic heterocycles. The number of ether oxygens (including phenoxy) is 1. The highest BCUT2D eigenvalue weighted by atomic mass is 16.5. The van der Waals surface area contributed by atoms with Crippen molar-refractivity contribution in [2.24, 2.45) is 0 Å². The maximum Gasteiger partial charge on any atom is 0.323 e. The number of hydrogen-bond acceptors (Lipinski definition) is 3. The van der Waals surface area contributed by atoms with Crippen LogP contribution in [0.15, 0.2) is 24.4 Å². The molecule has 0 aromatic carbocycles. The highest BCUT2D eigenvalue weighted by Crippen LogP contribution is 2.21. The molecule has 5 nitrogen and oxygen atoms in total. The molecule has 0 aliphatic carbocycles. The summed E-state index contributed by atoms with van der Waals surface area (Å²) in [6.07, 6.45) is 2.55. The third kappa shape index (κ3) is 2.98. The number of hydrogen-bond donors (Lipinski definition) is 1. The second-order valence-corrected chi connectivity index (χ2v) is 4.72. The molecular formula is C13H19N3O2. The molecule has 5 heteroatoms. The van der Waals surface area contributed by atoms with Crippen molar-refractivity contribution in [2.45, 2.75) is 25.9 Å². The van der Waals surface area contributed by atoms with Gasteiger partial charge in [-0.2, -0.15) is 0 Å². The summed E-state index contributed by atoms with van der Waals surface area (Å²) in [5, 5.41) is 2.79. The van der Waals surface area contributed by atoms with Gasteiger partial charge in [-0.05, 0) is 25.5 Å². The Balaban J connectivity index is 1.97. The van der Waals surface area contributed by atoms with E-state index in [1.807, 2.05) is 19.1 Å². The monoisotopic (exact) mass is 249 g/mol. The highest BCUT2D eigenvalue weighted by molar-refractivity contribution is 5.88. The smallest absolute Gasteiger partial charge is 0.323 e. The molecule has 1 aliphatic rings. The Bertz CT molecular complexity index is 410. The molecule has 1 atom stereocenters. The van der Waals surface area contributed by atoms with Gasteiger partial charge in [0.2, 0.25) is 0 Å². The Morgan fingerprint density at radius 2 is 2.44 bits per heavy atom. The minimum atomic E-state index is -0.236. The van der Waals surface area contributed by atoms with Gasteiger partial charge in [0, 0.05) is 12.7 Å². The van der Waals surface area contributed by atoms with Crippen molar-refractivity contribution in [3.63, 3.8) is 0 Å². The van der Waals surface area contributed by atoms with Gasteiger partial charge in [0.1, 0.15) is 5.82 Å². The number of nitrogens with zero attached hydrogens (tertiary/aromatic N) is 2. The fourth-order valence-electron chi connectivity index (χ4n) is 1.94. The van der Waals surface area contributed by atoms with Gasteiger partial charge in [0.05, 0.1) is 18.8 Å². The van der Waals surface area contributed by atoms with Gasteiger partial charge in [-0.1, -0.05) is 13.0 Å². The summed E-state index contributed by atoms with van der Waals surface area (Å²) >= 11 is 0. The van der Waals surface area contributed by atoms with Crippen LogP contribution in [0.25, 0.3) is 0 Å². The molecule has 0 unspecified atom stereocenters. The Labute approximate surface area is 107 Å². The number of aromatic nitrogens is 1. The van der Waals surface area contributed by atoms with Crippen LogP contribution in [0.3, 0.4) is 0 Å². The lowest BCUT2D eigenvalue weighted by Gasteiger charge is -2.39. The van der Waals surface area contributed by atoms with Crippen LogP contribution in [-0.2, 0) is 4.74 Å². The third-order valence-corrected chi connectivity index (χ3v) is 3.27. The van der Waals surface area contributed by atoms with Gasteiger partial charge in [-0.15, -0.1) is 0 Å². The average Bonchev–Trinajstić information content (AvgIpc) is 2.40. The predicted octanol–water partition coefficient (Wildman–Crippen LogP) is 2.11. The largest absolute Gasteiger partial charge is 0.372 e. The van der Waals surface area contributed by atoms with Crippen LogP contribution in [0.1, 0.15) is 20.3 Å². The fourth-order valence-corrected chi connectivity index (χ4v) is 1.94. The van der Waals surface area contributed by atoms with Crippen LogP contribution in [0.2, 0.25) is 0 Å². The third-order valence-electron chi connectivity index (χ3n) is 3.27. The van der Waals surface area contributed by atoms with E-state index in [2.05, 4.69) is 17.2 Å². The molecule has 1 aromatic heterocycles. The molecule has 1 fully saturated rings. The average molecular weight is 249 g/mol. The number of rotatable bonds is 2. The Hall–Kier alpha value is -1.62. The summed E-state index contributed by atoms with van der Waals surface area (Å²) in [5.41, 5.74) is -0.236. The number of carbonyl (C=O) groups is 1. The van der Waals surface area contributed by atoms with Gasteiger partial charge in [-0.25, -0.2) is 9.78 Å². The van der Waals surface area contributed by atoms with E-state index in [4.69, 9.17) is 4.74 Å². The lowest BCUT2D eigenvalue weighted by molar-refractivity contribution is -0.0860. The number of nitrogens with one attached hydrogen (secondary N) is 1. The highest BCUT2D eigenvalue weighted by Gasteiger charge is 2.32. The van der Waals surface area contributed by atoms with Crippen molar-refractivity contribution in [3.05, 3.63) is 24.4 Å². The van der Waals surface area contributed by atoms with Gasteiger partial charge < -0.3 is 9.64 Å². The first-order valence-electron chi connectivity index (χ1n) is 6.24. The molecule has 0 radical (unpaired) electrons. The molecule has 98 valence electrons. The van der Waals surface area contributed by atoms with Crippen molar-refractivity contribution in [1.82, 2.24) is 9.88 Å². The van der Waals surface area contributed by atoms with Gasteiger partial charge in [0.15, 0.2) is 0 Å². The van der Waals surface area contributed by atoms with Crippen LogP contribution in [-0.4, -0.2) is 41.2 Å². The number of urea groups is 1. The molecule has 2 rings (SSSR count). The zero-order chi connectivity index (χ0) is 13.0. The van der Waals surface area contributed by atoms with Crippen molar-refractivity contribution in [1.29, 1.82) is 0 Å². The van der Waals surface area contributed by atoms with Crippen LogP contribution in [0.4, 0.5) is 10.6 Å². The SMILES string of the molecule is CC[C@]1(C)CN(C(=O)Nc2ccccn2)CCO1. The van der Waals surface area contributed by atoms with Crippen LogP contribution < -0.4 is 5.32 Å². The Morgan fingerprint density at radius 1 is 1.61 bits per heavy atom. The van der Waals surface area contributed by atoms with Crippen molar-refractivity contribution in [3.8, 4) is 0 Å². The molecule has 1 aromatic rings. The van der Waals surface area contributed by atoms with Gasteiger partial charge >= 0.3 is 6.03 Å². The molecule has 1 N–H and O–H groups in total. The number of amides is 2. The molecule has 2 heterocycles. The maximum atomic E-state index is 12.1. The second kappa shape index (κ2) is 5.35. The predicted molar refractivity (Wildman–Crippen MR) is 69.5 cm³/mol. The summed E-state index contributed by atoms with van der Waals surface area (Å²) < 4.78 is 5.71. The fraction of sp³-hybridized carbons (Fsp3) is 0.538.